The van der Waals surface area contributed by atoms with Crippen molar-refractivity contribution in [2.75, 3.05) is 7.05 Å². The topological polar surface area (TPSA) is 120 Å². The molecule has 0 saturated carbocycles. The van der Waals surface area contributed by atoms with Crippen LogP contribution in [0.15, 0.2) is 34.6 Å². The minimum atomic E-state index is -1.28. The van der Waals surface area contributed by atoms with E-state index in [1.807, 2.05) is 11.9 Å². The molecule has 1 aromatic rings. The maximum Gasteiger partial charge on any atom is 0.333 e. The summed E-state index contributed by atoms with van der Waals surface area (Å²) in [5.74, 6) is -2.18. The third-order valence-corrected chi connectivity index (χ3v) is 5.25. The van der Waals surface area contributed by atoms with Gasteiger partial charge in [0.05, 0.1) is 11.1 Å². The van der Waals surface area contributed by atoms with Crippen molar-refractivity contribution in [1.29, 1.82) is 0 Å². The number of hydrogen-bond donors (Lipinski definition) is 3. The first kappa shape index (κ1) is 17.2. The van der Waals surface area contributed by atoms with Gasteiger partial charge >= 0.3 is 11.9 Å². The van der Waals surface area contributed by atoms with Gasteiger partial charge in [-0.2, -0.15) is 0 Å². The molecule has 1 aromatic heterocycles. The molecule has 2 saturated heterocycles. The molecule has 3 atom stereocenters. The van der Waals surface area contributed by atoms with Crippen molar-refractivity contribution >= 4 is 11.9 Å². The van der Waals surface area contributed by atoms with Crippen molar-refractivity contribution in [2.45, 2.75) is 43.4 Å². The van der Waals surface area contributed by atoms with Crippen molar-refractivity contribution in [1.82, 2.24) is 9.88 Å². The number of ether oxygens (including phenoxy) is 1. The van der Waals surface area contributed by atoms with Crippen LogP contribution in [-0.4, -0.2) is 56.8 Å². The van der Waals surface area contributed by atoms with E-state index in [1.54, 1.807) is 12.1 Å². The van der Waals surface area contributed by atoms with Gasteiger partial charge in [0.25, 0.3) is 5.56 Å². The average molecular weight is 348 g/mol. The molecular formula is C17H20N2O6. The van der Waals surface area contributed by atoms with Crippen LogP contribution in [0.3, 0.4) is 0 Å². The Hall–Kier alpha value is -2.61. The zero-order valence-electron chi connectivity index (χ0n) is 13.8. The van der Waals surface area contributed by atoms with Crippen LogP contribution in [0.2, 0.25) is 0 Å². The van der Waals surface area contributed by atoms with Gasteiger partial charge in [0.1, 0.15) is 6.10 Å². The standard InChI is InChI=1S/C17H20N2O6/c1-19-10-5-6-17(19,12(16(23)24)8-15(21)22)9-11(7-10)25-14-4-2-3-13(20)18-14/h2-4,8,10-11H,5-7,9H2,1H3,(H,18,20)(H,21,22)(H,23,24)/b12-8-. The molecule has 2 bridgehead atoms. The Labute approximate surface area is 143 Å². The molecule has 3 rings (SSSR count). The molecule has 0 radical (unpaired) electrons. The second-order valence-corrected chi connectivity index (χ2v) is 6.60. The monoisotopic (exact) mass is 348 g/mol. The highest BCUT2D eigenvalue weighted by Gasteiger charge is 2.54. The number of nitrogens with one attached hydrogen (secondary N) is 1. The molecule has 0 aromatic carbocycles. The van der Waals surface area contributed by atoms with Crippen LogP contribution in [0, 0.1) is 0 Å². The number of fused-ring (bicyclic) bond motifs is 2. The van der Waals surface area contributed by atoms with Gasteiger partial charge in [0, 0.05) is 24.6 Å². The van der Waals surface area contributed by atoms with Crippen molar-refractivity contribution in [3.05, 3.63) is 40.2 Å². The quantitative estimate of drug-likeness (QED) is 0.675. The molecule has 0 spiro atoms. The fourth-order valence-electron chi connectivity index (χ4n) is 4.13. The lowest BCUT2D eigenvalue weighted by atomic mass is 9.80. The number of carbonyl (C=O) groups is 2. The number of carboxylic acid groups (broad SMARTS) is 2. The Morgan fingerprint density at radius 1 is 1.40 bits per heavy atom. The second kappa shape index (κ2) is 6.36. The van der Waals surface area contributed by atoms with Crippen LogP contribution in [0.5, 0.6) is 5.88 Å². The van der Waals surface area contributed by atoms with Crippen molar-refractivity contribution in [2.24, 2.45) is 0 Å². The van der Waals surface area contributed by atoms with E-state index in [-0.39, 0.29) is 23.3 Å². The number of aliphatic carboxylic acids is 2. The smallest absolute Gasteiger partial charge is 0.333 e. The van der Waals surface area contributed by atoms with Gasteiger partial charge in [-0.15, -0.1) is 0 Å². The molecule has 8 heteroatoms. The zero-order chi connectivity index (χ0) is 18.2. The summed E-state index contributed by atoms with van der Waals surface area (Å²) in [4.78, 5) is 38.8. The first-order valence-corrected chi connectivity index (χ1v) is 8.09. The number of H-pyrrole nitrogens is 1. The van der Waals surface area contributed by atoms with Crippen LogP contribution in [0.1, 0.15) is 25.7 Å². The Morgan fingerprint density at radius 2 is 2.16 bits per heavy atom. The van der Waals surface area contributed by atoms with Gasteiger partial charge in [-0.3, -0.25) is 14.7 Å². The summed E-state index contributed by atoms with van der Waals surface area (Å²) < 4.78 is 5.88. The summed E-state index contributed by atoms with van der Waals surface area (Å²) in [5.41, 5.74) is -1.28. The molecule has 3 heterocycles. The number of rotatable bonds is 5. The maximum absolute atomic E-state index is 11.7. The Kier molecular flexibility index (Phi) is 4.38. The number of likely N-dealkylation sites (N-methyl/N-ethyl adjacent to an activating group) is 1. The van der Waals surface area contributed by atoms with Gasteiger partial charge in [-0.05, 0) is 32.4 Å². The number of hydrogen-bond acceptors (Lipinski definition) is 5. The Bertz CT molecular complexity index is 785. The number of pyridine rings is 1. The molecule has 2 aliphatic rings. The average Bonchev–Trinajstić information content (AvgIpc) is 2.72. The molecule has 134 valence electrons. The lowest BCUT2D eigenvalue weighted by molar-refractivity contribution is -0.137. The molecular weight excluding hydrogens is 328 g/mol. The summed E-state index contributed by atoms with van der Waals surface area (Å²) >= 11 is 0. The molecule has 8 nitrogen and oxygen atoms in total. The van der Waals surface area contributed by atoms with Gasteiger partial charge < -0.3 is 14.9 Å². The number of nitrogens with zero attached hydrogens (tertiary/aromatic N) is 1. The third kappa shape index (κ3) is 3.17. The molecule has 2 aliphatic heterocycles. The second-order valence-electron chi connectivity index (χ2n) is 6.60. The zero-order valence-corrected chi connectivity index (χ0v) is 13.8. The summed E-state index contributed by atoms with van der Waals surface area (Å²) in [6.45, 7) is 0. The fourth-order valence-corrected chi connectivity index (χ4v) is 4.13. The van der Waals surface area contributed by atoms with Crippen LogP contribution < -0.4 is 10.3 Å². The van der Waals surface area contributed by atoms with E-state index in [9.17, 15) is 19.5 Å². The lowest BCUT2D eigenvalue weighted by Crippen LogP contribution is -2.55. The van der Waals surface area contributed by atoms with E-state index in [4.69, 9.17) is 9.84 Å². The van der Waals surface area contributed by atoms with Crippen molar-refractivity contribution in [3.63, 3.8) is 0 Å². The van der Waals surface area contributed by atoms with Crippen LogP contribution in [0.4, 0.5) is 0 Å². The highest BCUT2D eigenvalue weighted by Crippen LogP contribution is 2.48. The van der Waals surface area contributed by atoms with Crippen molar-refractivity contribution in [3.8, 4) is 5.88 Å². The molecule has 25 heavy (non-hydrogen) atoms. The van der Waals surface area contributed by atoms with E-state index < -0.39 is 17.5 Å². The van der Waals surface area contributed by atoms with Crippen LogP contribution in [0.25, 0.3) is 0 Å². The molecule has 2 fully saturated rings. The summed E-state index contributed by atoms with van der Waals surface area (Å²) in [7, 11) is 1.83. The highest BCUT2D eigenvalue weighted by atomic mass is 16.5. The largest absolute Gasteiger partial charge is 0.478 e. The van der Waals surface area contributed by atoms with E-state index in [0.717, 1.165) is 12.5 Å². The fraction of sp³-hybridized carbons (Fsp3) is 0.471. The number of carboxylic acids is 2. The molecule has 0 aliphatic carbocycles. The summed E-state index contributed by atoms with van der Waals surface area (Å²) in [5, 5.41) is 18.6. The van der Waals surface area contributed by atoms with E-state index >= 15 is 0 Å². The van der Waals surface area contributed by atoms with Gasteiger partial charge in [0.15, 0.2) is 5.88 Å². The Balaban J connectivity index is 1.92. The number of aromatic amines is 1. The lowest BCUT2D eigenvalue weighted by Gasteiger charge is -2.45. The highest BCUT2D eigenvalue weighted by molar-refractivity contribution is 5.96. The van der Waals surface area contributed by atoms with E-state index in [2.05, 4.69) is 4.98 Å². The molecule has 0 amide bonds. The minimum Gasteiger partial charge on any atom is -0.478 e. The first-order chi connectivity index (χ1) is 11.8. The third-order valence-electron chi connectivity index (χ3n) is 5.25. The molecule has 3 N–H and O–H groups in total. The van der Waals surface area contributed by atoms with Crippen molar-refractivity contribution < 1.29 is 24.5 Å². The maximum atomic E-state index is 11.7. The number of piperidine rings is 1. The molecule has 3 unspecified atom stereocenters. The van der Waals surface area contributed by atoms with E-state index in [1.165, 1.54) is 6.07 Å². The SMILES string of the molecule is CN1C2CCC1(/C(=C\C(=O)O)C(=O)O)CC(Oc1cccc(=O)[nH]1)C2. The van der Waals surface area contributed by atoms with Crippen LogP contribution >= 0.6 is 0 Å². The first-order valence-electron chi connectivity index (χ1n) is 8.09. The summed E-state index contributed by atoms with van der Waals surface area (Å²) in [6.07, 6.45) is 2.85. The minimum absolute atomic E-state index is 0.103. The van der Waals surface area contributed by atoms with Gasteiger partial charge in [0.2, 0.25) is 0 Å². The van der Waals surface area contributed by atoms with Crippen LogP contribution in [-0.2, 0) is 9.59 Å². The summed E-state index contributed by atoms with van der Waals surface area (Å²) in [6, 6.07) is 4.70. The predicted octanol–water partition coefficient (Wildman–Crippen LogP) is 0.845. The van der Waals surface area contributed by atoms with Gasteiger partial charge in [-0.1, -0.05) is 6.07 Å². The number of aromatic nitrogens is 1. The van der Waals surface area contributed by atoms with Gasteiger partial charge in [-0.25, -0.2) is 9.59 Å². The van der Waals surface area contributed by atoms with E-state index in [0.29, 0.717) is 25.1 Å². The predicted molar refractivity (Wildman–Crippen MR) is 87.6 cm³/mol. The Morgan fingerprint density at radius 3 is 2.80 bits per heavy atom. The normalized spacial score (nSPS) is 29.4.